The van der Waals surface area contributed by atoms with Gasteiger partial charge in [0.2, 0.25) is 0 Å². The molecule has 5 heavy (non-hydrogen) atoms. The van der Waals surface area contributed by atoms with E-state index in [-0.39, 0.29) is 15.9 Å². The van der Waals surface area contributed by atoms with Crippen molar-refractivity contribution >= 4 is 29.2 Å². The van der Waals surface area contributed by atoms with E-state index in [1.807, 2.05) is 0 Å². The number of hydrogen-bond donors (Lipinski definition) is 0. The van der Waals surface area contributed by atoms with Crippen molar-refractivity contribution in [2.45, 2.75) is 0 Å². The van der Waals surface area contributed by atoms with E-state index in [1.165, 1.54) is 0 Å². The minimum atomic E-state index is -0.106. The van der Waals surface area contributed by atoms with E-state index in [4.69, 9.17) is 19.1 Å². The molecule has 0 unspecified atom stereocenters. The molecule has 0 aromatic carbocycles. The van der Waals surface area contributed by atoms with Gasteiger partial charge in [0.15, 0.2) is 0 Å². The van der Waals surface area contributed by atoms with Gasteiger partial charge in [-0.05, 0) is 0 Å². The molecule has 0 fully saturated rings. The molecule has 0 radical (unpaired) electrons. The van der Waals surface area contributed by atoms with Gasteiger partial charge in [-0.3, -0.25) is 0 Å². The first-order valence-electron chi connectivity index (χ1n) is 0.353. The van der Waals surface area contributed by atoms with Crippen molar-refractivity contribution in [3.8, 4) is 0 Å². The summed E-state index contributed by atoms with van der Waals surface area (Å²) in [5.41, 5.74) is 0. The molecule has 0 aliphatic carbocycles. The summed E-state index contributed by atoms with van der Waals surface area (Å²) in [5.74, 6) is 0. The summed E-state index contributed by atoms with van der Waals surface area (Å²) in [4.78, 5) is 0. The van der Waals surface area contributed by atoms with Crippen LogP contribution >= 0.6 is 29.2 Å². The van der Waals surface area contributed by atoms with Gasteiger partial charge in [-0.15, -0.1) is 0 Å². The molecule has 0 nitrogen and oxygen atoms in total. The van der Waals surface area contributed by atoms with Crippen molar-refractivity contribution in [2.75, 3.05) is 0 Å². The molecule has 0 saturated heterocycles. The fraction of sp³-hybridized carbons (Fsp3) is 0. The van der Waals surface area contributed by atoms with E-state index in [2.05, 4.69) is 25.2 Å². The molecule has 0 aliphatic heterocycles. The Balaban J connectivity index is 0. The van der Waals surface area contributed by atoms with Gasteiger partial charge >= 0.3 is 60.2 Å². The fourth-order valence-electron chi connectivity index (χ4n) is 0. The van der Waals surface area contributed by atoms with E-state index >= 15 is 0 Å². The summed E-state index contributed by atoms with van der Waals surface area (Å²) in [6, 6.07) is 0. The zero-order valence-electron chi connectivity index (χ0n) is 1.75. The second kappa shape index (κ2) is 16.6. The molecule has 5 heteroatoms. The number of rotatable bonds is 0. The third kappa shape index (κ3) is 23.6. The molecule has 0 aromatic rings. The molecule has 0 amide bonds. The van der Waals surface area contributed by atoms with Crippen LogP contribution in [0.15, 0.2) is 0 Å². The Morgan fingerprint density at radius 3 is 1.20 bits per heavy atom. The Labute approximate surface area is 59.7 Å². The summed E-state index contributed by atoms with van der Waals surface area (Å²) >= 11 is 3.55. The Kier molecular flexibility index (Phi) is 33.6. The zero-order chi connectivity index (χ0) is 4.71. The molecule has 0 aliphatic rings. The van der Waals surface area contributed by atoms with Crippen LogP contribution < -0.4 is 0 Å². The van der Waals surface area contributed by atoms with Crippen LogP contribution in [0.1, 0.15) is 0 Å². The first kappa shape index (κ1) is 10.1. The first-order valence-corrected chi connectivity index (χ1v) is 5.65. The molecule has 42 valence electrons. The van der Waals surface area contributed by atoms with Crippen molar-refractivity contribution in [1.29, 1.82) is 0 Å². The van der Waals surface area contributed by atoms with E-state index < -0.39 is 0 Å². The summed E-state index contributed by atoms with van der Waals surface area (Å²) < 4.78 is 0. The second-order valence-electron chi connectivity index (χ2n) is 0.0452. The maximum absolute atomic E-state index is 4.81. The van der Waals surface area contributed by atoms with Gasteiger partial charge in [0.1, 0.15) is 0 Å². The molecule has 0 spiro atoms. The van der Waals surface area contributed by atoms with Gasteiger partial charge in [-0.1, -0.05) is 0 Å². The molecular formula is Cl3CuPd. The molecule has 0 N–H and O–H groups in total. The van der Waals surface area contributed by atoms with Crippen molar-refractivity contribution in [1.82, 2.24) is 0 Å². The molecule has 0 aromatic heterocycles. The quantitative estimate of drug-likeness (QED) is 0.594. The Morgan fingerprint density at radius 1 is 1.20 bits per heavy atom. The van der Waals surface area contributed by atoms with Crippen LogP contribution in [0, 0.1) is 0 Å². The van der Waals surface area contributed by atoms with Crippen LogP contribution in [-0.2, 0) is 31.0 Å². The van der Waals surface area contributed by atoms with Gasteiger partial charge in [0.25, 0.3) is 0 Å². The maximum atomic E-state index is 4.81. The molecule has 0 atom stereocenters. The van der Waals surface area contributed by atoms with Crippen LogP contribution in [0.25, 0.3) is 0 Å². The van der Waals surface area contributed by atoms with Crippen molar-refractivity contribution in [3.05, 3.63) is 0 Å². The predicted molar refractivity (Wildman–Crippen MR) is 17.6 cm³/mol. The van der Waals surface area contributed by atoms with Crippen LogP contribution in [-0.4, -0.2) is 0 Å². The van der Waals surface area contributed by atoms with Gasteiger partial charge in [-0.2, -0.15) is 0 Å². The van der Waals surface area contributed by atoms with Crippen molar-refractivity contribution in [2.24, 2.45) is 0 Å². The van der Waals surface area contributed by atoms with E-state index in [1.54, 1.807) is 0 Å². The first-order chi connectivity index (χ1) is 2.41. The third-order valence-electron chi connectivity index (χ3n) is 0. The Morgan fingerprint density at radius 2 is 1.20 bits per heavy atom. The molecule has 0 heterocycles. The van der Waals surface area contributed by atoms with E-state index in [9.17, 15) is 0 Å². The molecule has 0 rings (SSSR count). The van der Waals surface area contributed by atoms with Crippen LogP contribution in [0.2, 0.25) is 0 Å². The predicted octanol–water partition coefficient (Wildman–Crippen LogP) is 2.06. The number of halogens is 3. The average molecular weight is 276 g/mol. The summed E-state index contributed by atoms with van der Waals surface area (Å²) in [5, 5.41) is 0. The van der Waals surface area contributed by atoms with Gasteiger partial charge in [0.05, 0.1) is 0 Å². The molecular weight excluding hydrogens is 276 g/mol. The van der Waals surface area contributed by atoms with Gasteiger partial charge < -0.3 is 0 Å². The average Bonchev–Trinajstić information content (AvgIpc) is 1.46. The standard InChI is InChI=1S/3ClH.Cu.Pd/h3*1H;;/q;;;+1;+2/p-3. The minimum absolute atomic E-state index is 0.106. The topological polar surface area (TPSA) is 0 Å². The van der Waals surface area contributed by atoms with Crippen LogP contribution in [0.5, 0.6) is 0 Å². The van der Waals surface area contributed by atoms with Crippen molar-refractivity contribution in [3.63, 3.8) is 0 Å². The van der Waals surface area contributed by atoms with Gasteiger partial charge in [-0.25, -0.2) is 0 Å². The summed E-state index contributed by atoms with van der Waals surface area (Å²) in [6.45, 7) is 0. The second-order valence-corrected chi connectivity index (χ2v) is 2.41. The van der Waals surface area contributed by atoms with Crippen molar-refractivity contribution < 1.29 is 31.0 Å². The molecule has 0 saturated carbocycles. The van der Waals surface area contributed by atoms with Gasteiger partial charge in [0, 0.05) is 0 Å². The normalized spacial score (nSPS) is 5.80. The van der Waals surface area contributed by atoms with E-state index in [0.29, 0.717) is 0 Å². The number of hydrogen-bond acceptors (Lipinski definition) is 0. The SMILES string of the molecule is [Cl][Cu].[Cl][Pd][Cl]. The van der Waals surface area contributed by atoms with E-state index in [0.717, 1.165) is 0 Å². The van der Waals surface area contributed by atoms with Crippen LogP contribution in [0.4, 0.5) is 0 Å². The summed E-state index contributed by atoms with van der Waals surface area (Å²) in [6.07, 6.45) is 0. The Bertz CT molecular complexity index is 6.85. The zero-order valence-corrected chi connectivity index (χ0v) is 6.52. The summed E-state index contributed by atoms with van der Waals surface area (Å²) in [7, 11) is 13.8. The monoisotopic (exact) mass is 274 g/mol. The Hall–Kier alpha value is 2.05. The fourth-order valence-corrected chi connectivity index (χ4v) is 0. The van der Waals surface area contributed by atoms with Crippen LogP contribution in [0.3, 0.4) is 0 Å². The molecule has 0 bridgehead atoms. The third-order valence-corrected chi connectivity index (χ3v) is 0.